The second kappa shape index (κ2) is 4.46. The Morgan fingerprint density at radius 1 is 1.35 bits per heavy atom. The van der Waals surface area contributed by atoms with Crippen LogP contribution in [0.25, 0.3) is 0 Å². The van der Waals surface area contributed by atoms with E-state index < -0.39 is 5.54 Å². The molecule has 5 N–H and O–H groups in total. The van der Waals surface area contributed by atoms with Crippen LogP contribution in [0.3, 0.4) is 0 Å². The Morgan fingerprint density at radius 2 is 2.10 bits per heavy atom. The Bertz CT molecular complexity index is 554. The van der Waals surface area contributed by atoms with Crippen LogP contribution in [0.1, 0.15) is 30.4 Å². The number of benzene rings is 1. The standard InChI is InChI=1S/C15H21N3O2/c1-20-12-4-2-3-11-10(12)5-6-15(11,17)13(19)18-9-14(16)7-8-14/h2-4H,5-9,16-17H2,1H3,(H,18,19). The number of nitrogens with one attached hydrogen (secondary N) is 1. The summed E-state index contributed by atoms with van der Waals surface area (Å²) in [5, 5.41) is 2.92. The summed E-state index contributed by atoms with van der Waals surface area (Å²) in [6, 6.07) is 5.70. The van der Waals surface area contributed by atoms with Gasteiger partial charge in [0.15, 0.2) is 0 Å². The van der Waals surface area contributed by atoms with Crippen LogP contribution in [-0.4, -0.2) is 25.1 Å². The van der Waals surface area contributed by atoms with Gasteiger partial charge < -0.3 is 21.5 Å². The van der Waals surface area contributed by atoms with Gasteiger partial charge in [0.1, 0.15) is 11.3 Å². The fourth-order valence-corrected chi connectivity index (χ4v) is 2.88. The van der Waals surface area contributed by atoms with Gasteiger partial charge in [0, 0.05) is 12.1 Å². The summed E-state index contributed by atoms with van der Waals surface area (Å²) in [6.07, 6.45) is 3.30. The second-order valence-corrected chi connectivity index (χ2v) is 6.00. The molecule has 1 amide bonds. The summed E-state index contributed by atoms with van der Waals surface area (Å²) in [6.45, 7) is 0.504. The van der Waals surface area contributed by atoms with Crippen molar-refractivity contribution in [2.24, 2.45) is 11.5 Å². The average Bonchev–Trinajstić information content (AvgIpc) is 3.09. The van der Waals surface area contributed by atoms with E-state index in [1.165, 1.54) is 0 Å². The Hall–Kier alpha value is -1.59. The van der Waals surface area contributed by atoms with E-state index in [4.69, 9.17) is 16.2 Å². The number of carbonyl (C=O) groups excluding carboxylic acids is 1. The smallest absolute Gasteiger partial charge is 0.244 e. The van der Waals surface area contributed by atoms with Crippen LogP contribution in [0.15, 0.2) is 18.2 Å². The fourth-order valence-electron chi connectivity index (χ4n) is 2.88. The first-order chi connectivity index (χ1) is 9.48. The van der Waals surface area contributed by atoms with Crippen molar-refractivity contribution >= 4 is 5.91 Å². The molecule has 5 heteroatoms. The van der Waals surface area contributed by atoms with E-state index >= 15 is 0 Å². The molecule has 0 spiro atoms. The zero-order chi connectivity index (χ0) is 14.4. The molecule has 2 aliphatic rings. The van der Waals surface area contributed by atoms with E-state index in [0.717, 1.165) is 36.1 Å². The van der Waals surface area contributed by atoms with Crippen molar-refractivity contribution in [2.45, 2.75) is 36.8 Å². The van der Waals surface area contributed by atoms with Crippen LogP contribution in [-0.2, 0) is 16.8 Å². The Morgan fingerprint density at radius 3 is 2.75 bits per heavy atom. The number of hydrogen-bond acceptors (Lipinski definition) is 4. The molecule has 1 aromatic carbocycles. The quantitative estimate of drug-likeness (QED) is 0.742. The molecule has 20 heavy (non-hydrogen) atoms. The van der Waals surface area contributed by atoms with Crippen molar-refractivity contribution in [1.82, 2.24) is 5.32 Å². The van der Waals surface area contributed by atoms with Crippen LogP contribution >= 0.6 is 0 Å². The molecule has 0 heterocycles. The highest BCUT2D eigenvalue weighted by Gasteiger charge is 2.45. The van der Waals surface area contributed by atoms with Crippen molar-refractivity contribution in [3.8, 4) is 5.75 Å². The lowest BCUT2D eigenvalue weighted by molar-refractivity contribution is -0.126. The molecule has 0 radical (unpaired) electrons. The van der Waals surface area contributed by atoms with E-state index in [1.54, 1.807) is 7.11 Å². The zero-order valence-corrected chi connectivity index (χ0v) is 11.7. The van der Waals surface area contributed by atoms with Crippen molar-refractivity contribution in [3.63, 3.8) is 0 Å². The molecule has 1 atom stereocenters. The molecular formula is C15H21N3O2. The summed E-state index contributed by atoms with van der Waals surface area (Å²) in [4.78, 5) is 12.5. The van der Waals surface area contributed by atoms with Crippen molar-refractivity contribution in [3.05, 3.63) is 29.3 Å². The monoisotopic (exact) mass is 275 g/mol. The lowest BCUT2D eigenvalue weighted by Crippen LogP contribution is -2.52. The van der Waals surface area contributed by atoms with Gasteiger partial charge in [0.25, 0.3) is 0 Å². The van der Waals surface area contributed by atoms with Gasteiger partial charge >= 0.3 is 0 Å². The first-order valence-corrected chi connectivity index (χ1v) is 7.01. The highest BCUT2D eigenvalue weighted by molar-refractivity contribution is 5.89. The molecule has 108 valence electrons. The number of rotatable bonds is 4. The normalized spacial score (nSPS) is 25.9. The molecule has 0 bridgehead atoms. The van der Waals surface area contributed by atoms with Crippen molar-refractivity contribution in [1.29, 1.82) is 0 Å². The van der Waals surface area contributed by atoms with E-state index in [0.29, 0.717) is 13.0 Å². The number of amides is 1. The number of ether oxygens (including phenoxy) is 1. The summed E-state index contributed by atoms with van der Waals surface area (Å²) in [5.74, 6) is 0.668. The summed E-state index contributed by atoms with van der Waals surface area (Å²) < 4.78 is 5.35. The van der Waals surface area contributed by atoms with Crippen LogP contribution < -0.4 is 21.5 Å². The van der Waals surface area contributed by atoms with Crippen LogP contribution in [0.5, 0.6) is 5.75 Å². The number of methoxy groups -OCH3 is 1. The molecule has 2 aliphatic carbocycles. The fraction of sp³-hybridized carbons (Fsp3) is 0.533. The second-order valence-electron chi connectivity index (χ2n) is 6.00. The van der Waals surface area contributed by atoms with Crippen molar-refractivity contribution in [2.75, 3.05) is 13.7 Å². The van der Waals surface area contributed by atoms with E-state index in [9.17, 15) is 4.79 Å². The zero-order valence-electron chi connectivity index (χ0n) is 11.7. The molecule has 0 aliphatic heterocycles. The predicted octanol–water partition coefficient (Wildman–Crippen LogP) is 0.403. The molecule has 1 aromatic rings. The van der Waals surface area contributed by atoms with Crippen LogP contribution in [0.2, 0.25) is 0 Å². The topological polar surface area (TPSA) is 90.4 Å². The summed E-state index contributed by atoms with van der Waals surface area (Å²) in [7, 11) is 1.64. The number of hydrogen-bond donors (Lipinski definition) is 3. The first kappa shape index (κ1) is 13.4. The minimum absolute atomic E-state index is 0.138. The minimum Gasteiger partial charge on any atom is -0.496 e. The van der Waals surface area contributed by atoms with Gasteiger partial charge in [-0.05, 0) is 42.9 Å². The Labute approximate surface area is 118 Å². The molecule has 0 saturated heterocycles. The first-order valence-electron chi connectivity index (χ1n) is 7.01. The van der Waals surface area contributed by atoms with Gasteiger partial charge in [-0.2, -0.15) is 0 Å². The highest BCUT2D eigenvalue weighted by Crippen LogP contribution is 2.40. The number of carbonyl (C=O) groups is 1. The molecule has 1 saturated carbocycles. The molecule has 1 fully saturated rings. The van der Waals surface area contributed by atoms with Crippen molar-refractivity contribution < 1.29 is 9.53 Å². The van der Waals surface area contributed by atoms with E-state index in [2.05, 4.69) is 5.32 Å². The van der Waals surface area contributed by atoms with Gasteiger partial charge in [0.2, 0.25) is 5.91 Å². The summed E-state index contributed by atoms with van der Waals surface area (Å²) in [5.41, 5.74) is 13.1. The summed E-state index contributed by atoms with van der Waals surface area (Å²) >= 11 is 0. The maximum Gasteiger partial charge on any atom is 0.244 e. The van der Waals surface area contributed by atoms with Crippen LogP contribution in [0.4, 0.5) is 0 Å². The van der Waals surface area contributed by atoms with Gasteiger partial charge in [0.05, 0.1) is 7.11 Å². The largest absolute Gasteiger partial charge is 0.496 e. The lowest BCUT2D eigenvalue weighted by Gasteiger charge is -2.25. The minimum atomic E-state index is -0.963. The van der Waals surface area contributed by atoms with Gasteiger partial charge in [-0.3, -0.25) is 4.79 Å². The Balaban J connectivity index is 1.82. The van der Waals surface area contributed by atoms with E-state index in [1.807, 2.05) is 18.2 Å². The molecule has 3 rings (SSSR count). The molecule has 5 nitrogen and oxygen atoms in total. The van der Waals surface area contributed by atoms with Crippen LogP contribution in [0, 0.1) is 0 Å². The SMILES string of the molecule is COc1cccc2c1CCC2(N)C(=O)NCC1(N)CC1. The highest BCUT2D eigenvalue weighted by atomic mass is 16.5. The van der Waals surface area contributed by atoms with Gasteiger partial charge in [-0.15, -0.1) is 0 Å². The third-order valence-corrected chi connectivity index (χ3v) is 4.50. The molecular weight excluding hydrogens is 254 g/mol. The lowest BCUT2D eigenvalue weighted by atomic mass is 9.91. The third-order valence-electron chi connectivity index (χ3n) is 4.50. The average molecular weight is 275 g/mol. The number of fused-ring (bicyclic) bond motifs is 1. The third kappa shape index (κ3) is 2.07. The van der Waals surface area contributed by atoms with Gasteiger partial charge in [-0.1, -0.05) is 12.1 Å². The maximum atomic E-state index is 12.5. The number of nitrogens with two attached hydrogens (primary N) is 2. The Kier molecular flexibility index (Phi) is 2.99. The van der Waals surface area contributed by atoms with E-state index in [-0.39, 0.29) is 11.4 Å². The molecule has 0 aromatic heterocycles. The predicted molar refractivity (Wildman–Crippen MR) is 76.3 cm³/mol. The van der Waals surface area contributed by atoms with Gasteiger partial charge in [-0.25, -0.2) is 0 Å². The molecule has 1 unspecified atom stereocenters. The maximum absolute atomic E-state index is 12.5.